The van der Waals surface area contributed by atoms with Gasteiger partial charge in [0.2, 0.25) is 5.91 Å². The summed E-state index contributed by atoms with van der Waals surface area (Å²) in [6.07, 6.45) is 6.38. The molecule has 1 unspecified atom stereocenters. The SMILES string of the molecule is O=C(CCl)N(Cc1ccc2c(c1)CCCC2)C1CCn2nnnc2C1. The van der Waals surface area contributed by atoms with Crippen molar-refractivity contribution in [3.05, 3.63) is 40.7 Å². The molecule has 1 amide bonds. The lowest BCUT2D eigenvalue weighted by Gasteiger charge is -2.34. The highest BCUT2D eigenvalue weighted by atomic mass is 35.5. The summed E-state index contributed by atoms with van der Waals surface area (Å²) in [4.78, 5) is 14.4. The minimum absolute atomic E-state index is 0.00633. The molecule has 7 heteroatoms. The summed E-state index contributed by atoms with van der Waals surface area (Å²) in [6.45, 7) is 1.34. The van der Waals surface area contributed by atoms with Gasteiger partial charge in [-0.05, 0) is 59.2 Å². The summed E-state index contributed by atoms with van der Waals surface area (Å²) in [7, 11) is 0. The normalized spacial score (nSPS) is 19.2. The first-order valence-electron chi connectivity index (χ1n) is 8.96. The van der Waals surface area contributed by atoms with Crippen molar-refractivity contribution < 1.29 is 4.79 Å². The molecule has 1 atom stereocenters. The monoisotopic (exact) mass is 359 g/mol. The second kappa shape index (κ2) is 7.12. The predicted molar refractivity (Wildman–Crippen MR) is 94.3 cm³/mol. The second-order valence-corrected chi connectivity index (χ2v) is 7.20. The number of fused-ring (bicyclic) bond motifs is 2. The predicted octanol–water partition coefficient (Wildman–Crippen LogP) is 2.13. The number of rotatable bonds is 4. The molecule has 132 valence electrons. The van der Waals surface area contributed by atoms with Crippen LogP contribution in [-0.4, -0.2) is 42.9 Å². The zero-order valence-electron chi connectivity index (χ0n) is 14.2. The van der Waals surface area contributed by atoms with Crippen molar-refractivity contribution in [3.8, 4) is 0 Å². The van der Waals surface area contributed by atoms with Crippen LogP contribution in [0, 0.1) is 0 Å². The number of carbonyl (C=O) groups is 1. The highest BCUT2D eigenvalue weighted by Crippen LogP contribution is 2.25. The Bertz CT molecular complexity index is 775. The molecular weight excluding hydrogens is 338 g/mol. The lowest BCUT2D eigenvalue weighted by Crippen LogP contribution is -2.44. The van der Waals surface area contributed by atoms with E-state index in [0.29, 0.717) is 13.0 Å². The van der Waals surface area contributed by atoms with E-state index in [4.69, 9.17) is 11.6 Å². The molecule has 1 aliphatic heterocycles. The van der Waals surface area contributed by atoms with Crippen molar-refractivity contribution in [2.45, 2.75) is 57.7 Å². The van der Waals surface area contributed by atoms with Crippen LogP contribution >= 0.6 is 11.6 Å². The Hall–Kier alpha value is -1.95. The van der Waals surface area contributed by atoms with Crippen LogP contribution < -0.4 is 0 Å². The molecule has 25 heavy (non-hydrogen) atoms. The summed E-state index contributed by atoms with van der Waals surface area (Å²) in [5.41, 5.74) is 4.08. The minimum atomic E-state index is -0.0229. The molecule has 0 saturated carbocycles. The van der Waals surface area contributed by atoms with E-state index in [0.717, 1.165) is 25.2 Å². The lowest BCUT2D eigenvalue weighted by molar-refractivity contribution is -0.132. The molecule has 0 N–H and O–H groups in total. The number of nitrogens with zero attached hydrogens (tertiary/aromatic N) is 5. The Morgan fingerprint density at radius 1 is 1.28 bits per heavy atom. The summed E-state index contributed by atoms with van der Waals surface area (Å²) < 4.78 is 1.82. The van der Waals surface area contributed by atoms with Gasteiger partial charge < -0.3 is 4.90 Å². The topological polar surface area (TPSA) is 63.9 Å². The van der Waals surface area contributed by atoms with Gasteiger partial charge in [-0.25, -0.2) is 4.68 Å². The number of hydrogen-bond acceptors (Lipinski definition) is 4. The first-order valence-corrected chi connectivity index (χ1v) is 9.49. The van der Waals surface area contributed by atoms with Crippen molar-refractivity contribution in [3.63, 3.8) is 0 Å². The fourth-order valence-corrected chi connectivity index (χ4v) is 4.13. The second-order valence-electron chi connectivity index (χ2n) is 6.93. The third kappa shape index (κ3) is 3.40. The highest BCUT2D eigenvalue weighted by molar-refractivity contribution is 6.27. The van der Waals surface area contributed by atoms with Gasteiger partial charge in [-0.2, -0.15) is 0 Å². The first-order chi connectivity index (χ1) is 12.2. The number of aromatic nitrogens is 4. The van der Waals surface area contributed by atoms with E-state index in [9.17, 15) is 4.79 Å². The van der Waals surface area contributed by atoms with E-state index in [1.54, 1.807) is 0 Å². The van der Waals surface area contributed by atoms with Crippen LogP contribution in [0.15, 0.2) is 18.2 Å². The van der Waals surface area contributed by atoms with Crippen LogP contribution in [0.5, 0.6) is 0 Å². The van der Waals surface area contributed by atoms with Crippen molar-refractivity contribution in [2.75, 3.05) is 5.88 Å². The van der Waals surface area contributed by atoms with E-state index in [1.807, 2.05) is 9.58 Å². The molecule has 2 aliphatic rings. The standard InChI is InChI=1S/C18H22ClN5O/c19-11-18(25)23(16-7-8-24-17(10-16)20-21-22-24)12-13-5-6-14-3-1-2-4-15(14)9-13/h5-6,9,16H,1-4,7-8,10-12H2. The van der Waals surface area contributed by atoms with Gasteiger partial charge in [-0.3, -0.25) is 4.79 Å². The van der Waals surface area contributed by atoms with Gasteiger partial charge in [0, 0.05) is 25.6 Å². The van der Waals surface area contributed by atoms with Gasteiger partial charge >= 0.3 is 0 Å². The third-order valence-corrected chi connectivity index (χ3v) is 5.57. The average Bonchev–Trinajstić information content (AvgIpc) is 3.13. The molecule has 0 saturated heterocycles. The fourth-order valence-electron chi connectivity index (χ4n) is 3.97. The molecule has 0 fully saturated rings. The molecule has 0 radical (unpaired) electrons. The number of tetrazole rings is 1. The summed E-state index contributed by atoms with van der Waals surface area (Å²) >= 11 is 5.89. The van der Waals surface area contributed by atoms with Crippen molar-refractivity contribution >= 4 is 17.5 Å². The van der Waals surface area contributed by atoms with Crippen LogP contribution in [0.2, 0.25) is 0 Å². The minimum Gasteiger partial charge on any atom is -0.334 e. The van der Waals surface area contributed by atoms with E-state index < -0.39 is 0 Å². The van der Waals surface area contributed by atoms with Crippen LogP contribution in [0.25, 0.3) is 0 Å². The number of halogens is 1. The van der Waals surface area contributed by atoms with Crippen LogP contribution in [0.4, 0.5) is 0 Å². The van der Waals surface area contributed by atoms with Gasteiger partial charge in [-0.1, -0.05) is 18.2 Å². The Morgan fingerprint density at radius 3 is 2.96 bits per heavy atom. The van der Waals surface area contributed by atoms with Crippen molar-refractivity contribution in [1.29, 1.82) is 0 Å². The molecule has 0 bridgehead atoms. The van der Waals surface area contributed by atoms with Gasteiger partial charge in [-0.15, -0.1) is 16.7 Å². The van der Waals surface area contributed by atoms with Crippen LogP contribution in [-0.2, 0) is 37.1 Å². The molecule has 0 spiro atoms. The Morgan fingerprint density at radius 2 is 2.12 bits per heavy atom. The molecule has 2 aromatic rings. The molecule has 4 rings (SSSR count). The number of amides is 1. The Labute approximate surface area is 152 Å². The van der Waals surface area contributed by atoms with Gasteiger partial charge in [0.25, 0.3) is 0 Å². The van der Waals surface area contributed by atoms with E-state index in [2.05, 4.69) is 33.7 Å². The van der Waals surface area contributed by atoms with Crippen LogP contribution in [0.1, 0.15) is 41.8 Å². The van der Waals surface area contributed by atoms with Crippen LogP contribution in [0.3, 0.4) is 0 Å². The maximum Gasteiger partial charge on any atom is 0.238 e. The van der Waals surface area contributed by atoms with Crippen molar-refractivity contribution in [1.82, 2.24) is 25.1 Å². The highest BCUT2D eigenvalue weighted by Gasteiger charge is 2.29. The maximum atomic E-state index is 12.5. The Kier molecular flexibility index (Phi) is 4.70. The molecule has 6 nitrogen and oxygen atoms in total. The van der Waals surface area contributed by atoms with E-state index in [1.165, 1.54) is 36.0 Å². The third-order valence-electron chi connectivity index (χ3n) is 5.34. The molecule has 1 aliphatic carbocycles. The maximum absolute atomic E-state index is 12.5. The Balaban J connectivity index is 1.55. The zero-order valence-corrected chi connectivity index (χ0v) is 15.0. The fraction of sp³-hybridized carbons (Fsp3) is 0.556. The number of benzene rings is 1. The largest absolute Gasteiger partial charge is 0.334 e. The number of carbonyl (C=O) groups excluding carboxylic acids is 1. The quantitative estimate of drug-likeness (QED) is 0.784. The lowest BCUT2D eigenvalue weighted by atomic mass is 9.90. The summed E-state index contributed by atoms with van der Waals surface area (Å²) in [6, 6.07) is 6.76. The average molecular weight is 360 g/mol. The summed E-state index contributed by atoms with van der Waals surface area (Å²) in [5, 5.41) is 11.8. The first kappa shape index (κ1) is 16.5. The van der Waals surface area contributed by atoms with E-state index >= 15 is 0 Å². The van der Waals surface area contributed by atoms with E-state index in [-0.39, 0.29) is 17.8 Å². The van der Waals surface area contributed by atoms with Gasteiger partial charge in [0.15, 0.2) is 5.82 Å². The number of aryl methyl sites for hydroxylation is 3. The molecular formula is C18H22ClN5O. The summed E-state index contributed by atoms with van der Waals surface area (Å²) in [5.74, 6) is 0.825. The molecule has 2 heterocycles. The number of hydrogen-bond donors (Lipinski definition) is 0. The van der Waals surface area contributed by atoms with Gasteiger partial charge in [0.1, 0.15) is 5.88 Å². The molecule has 1 aromatic carbocycles. The smallest absolute Gasteiger partial charge is 0.238 e. The zero-order chi connectivity index (χ0) is 17.2. The number of alkyl halides is 1. The van der Waals surface area contributed by atoms with Gasteiger partial charge in [0.05, 0.1) is 0 Å². The molecule has 1 aromatic heterocycles. The van der Waals surface area contributed by atoms with Crippen molar-refractivity contribution in [2.24, 2.45) is 0 Å².